The SMILES string of the molecule is Cc1nnc(NCc2cccnc2OC(C)C)s1. The lowest BCUT2D eigenvalue weighted by molar-refractivity contribution is 0.230. The van der Waals surface area contributed by atoms with Crippen molar-refractivity contribution in [2.24, 2.45) is 0 Å². The largest absolute Gasteiger partial charge is 0.475 e. The Hall–Kier alpha value is -1.69. The van der Waals surface area contributed by atoms with E-state index in [9.17, 15) is 0 Å². The first-order valence-corrected chi connectivity index (χ1v) is 6.61. The summed E-state index contributed by atoms with van der Waals surface area (Å²) < 4.78 is 5.66. The Morgan fingerprint density at radius 2 is 2.22 bits per heavy atom. The molecule has 2 aromatic rings. The zero-order valence-electron chi connectivity index (χ0n) is 10.7. The molecule has 96 valence electrons. The summed E-state index contributed by atoms with van der Waals surface area (Å²) in [6, 6.07) is 3.89. The highest BCUT2D eigenvalue weighted by molar-refractivity contribution is 7.15. The average molecular weight is 264 g/mol. The molecule has 2 aromatic heterocycles. The number of nitrogens with one attached hydrogen (secondary N) is 1. The molecule has 0 aliphatic heterocycles. The smallest absolute Gasteiger partial charge is 0.218 e. The van der Waals surface area contributed by atoms with Crippen molar-refractivity contribution >= 4 is 16.5 Å². The molecule has 5 nitrogen and oxygen atoms in total. The molecule has 0 amide bonds. The van der Waals surface area contributed by atoms with Gasteiger partial charge >= 0.3 is 0 Å². The molecule has 2 heterocycles. The number of aromatic nitrogens is 3. The number of pyridine rings is 1. The van der Waals surface area contributed by atoms with Crippen LogP contribution in [0.1, 0.15) is 24.4 Å². The van der Waals surface area contributed by atoms with E-state index in [1.165, 1.54) is 11.3 Å². The van der Waals surface area contributed by atoms with Gasteiger partial charge in [-0.25, -0.2) is 4.98 Å². The van der Waals surface area contributed by atoms with Gasteiger partial charge in [0.05, 0.1) is 6.10 Å². The van der Waals surface area contributed by atoms with E-state index in [1.54, 1.807) is 6.20 Å². The Morgan fingerprint density at radius 3 is 2.89 bits per heavy atom. The van der Waals surface area contributed by atoms with Crippen LogP contribution in [-0.4, -0.2) is 21.3 Å². The number of rotatable bonds is 5. The van der Waals surface area contributed by atoms with Crippen LogP contribution in [0.5, 0.6) is 5.88 Å². The molecule has 2 rings (SSSR count). The summed E-state index contributed by atoms with van der Waals surface area (Å²) in [4.78, 5) is 4.24. The summed E-state index contributed by atoms with van der Waals surface area (Å²) in [5.41, 5.74) is 1.01. The molecular formula is C12H16N4OS. The first-order valence-electron chi connectivity index (χ1n) is 5.79. The van der Waals surface area contributed by atoms with Crippen molar-refractivity contribution in [1.29, 1.82) is 0 Å². The van der Waals surface area contributed by atoms with E-state index in [1.807, 2.05) is 32.9 Å². The molecule has 0 unspecified atom stereocenters. The Bertz CT molecular complexity index is 512. The summed E-state index contributed by atoms with van der Waals surface area (Å²) in [7, 11) is 0. The van der Waals surface area contributed by atoms with Gasteiger partial charge < -0.3 is 10.1 Å². The molecule has 0 aliphatic rings. The molecule has 0 bridgehead atoms. The van der Waals surface area contributed by atoms with Crippen molar-refractivity contribution in [3.63, 3.8) is 0 Å². The van der Waals surface area contributed by atoms with E-state index < -0.39 is 0 Å². The fraction of sp³-hybridized carbons (Fsp3) is 0.417. The standard InChI is InChI=1S/C12H16N4OS/c1-8(2)17-11-10(5-4-6-13-11)7-14-12-16-15-9(3)18-12/h4-6,8H,7H2,1-3H3,(H,14,16). The summed E-state index contributed by atoms with van der Waals surface area (Å²) >= 11 is 1.53. The predicted molar refractivity (Wildman–Crippen MR) is 72.0 cm³/mol. The van der Waals surface area contributed by atoms with Gasteiger partial charge in [0, 0.05) is 18.3 Å². The van der Waals surface area contributed by atoms with Crippen LogP contribution < -0.4 is 10.1 Å². The van der Waals surface area contributed by atoms with Crippen LogP contribution in [0.4, 0.5) is 5.13 Å². The molecule has 0 saturated heterocycles. The summed E-state index contributed by atoms with van der Waals surface area (Å²) in [5.74, 6) is 0.668. The first kappa shape index (κ1) is 12.8. The molecule has 0 aliphatic carbocycles. The van der Waals surface area contributed by atoms with Crippen LogP contribution in [0.2, 0.25) is 0 Å². The van der Waals surface area contributed by atoms with Crippen LogP contribution in [0, 0.1) is 6.92 Å². The highest BCUT2D eigenvalue weighted by Gasteiger charge is 2.07. The summed E-state index contributed by atoms with van der Waals surface area (Å²) in [6.07, 6.45) is 1.85. The highest BCUT2D eigenvalue weighted by atomic mass is 32.1. The van der Waals surface area contributed by atoms with Gasteiger partial charge in [-0.3, -0.25) is 0 Å². The molecule has 0 fully saturated rings. The minimum atomic E-state index is 0.113. The zero-order valence-corrected chi connectivity index (χ0v) is 11.5. The molecule has 18 heavy (non-hydrogen) atoms. The monoisotopic (exact) mass is 264 g/mol. The van der Waals surface area contributed by atoms with Crippen LogP contribution in [0.15, 0.2) is 18.3 Å². The topological polar surface area (TPSA) is 59.9 Å². The molecule has 0 saturated carbocycles. The van der Waals surface area contributed by atoms with E-state index in [-0.39, 0.29) is 6.10 Å². The van der Waals surface area contributed by atoms with Gasteiger partial charge in [-0.15, -0.1) is 10.2 Å². The van der Waals surface area contributed by atoms with Crippen LogP contribution in [0.25, 0.3) is 0 Å². The second-order valence-electron chi connectivity index (χ2n) is 4.11. The predicted octanol–water partition coefficient (Wildman–Crippen LogP) is 2.64. The van der Waals surface area contributed by atoms with Crippen molar-refractivity contribution in [2.75, 3.05) is 5.32 Å². The Labute approximate surface area is 110 Å². The maximum Gasteiger partial charge on any atom is 0.218 e. The van der Waals surface area contributed by atoms with Crippen LogP contribution >= 0.6 is 11.3 Å². The number of ether oxygens (including phenoxy) is 1. The molecule has 1 N–H and O–H groups in total. The fourth-order valence-corrected chi connectivity index (χ4v) is 2.01. The summed E-state index contributed by atoms with van der Waals surface area (Å²) in [6.45, 7) is 6.53. The highest BCUT2D eigenvalue weighted by Crippen LogP contribution is 2.19. The van der Waals surface area contributed by atoms with Crippen molar-refractivity contribution in [1.82, 2.24) is 15.2 Å². The lowest BCUT2D eigenvalue weighted by Gasteiger charge is -2.12. The van der Waals surface area contributed by atoms with Crippen molar-refractivity contribution in [3.8, 4) is 5.88 Å². The second-order valence-corrected chi connectivity index (χ2v) is 5.30. The lowest BCUT2D eigenvalue weighted by atomic mass is 10.2. The Morgan fingerprint density at radius 1 is 1.39 bits per heavy atom. The fourth-order valence-electron chi connectivity index (χ4n) is 1.43. The van der Waals surface area contributed by atoms with Crippen molar-refractivity contribution in [3.05, 3.63) is 28.9 Å². The van der Waals surface area contributed by atoms with Gasteiger partial charge in [0.15, 0.2) is 0 Å². The molecule has 0 aromatic carbocycles. The molecule has 0 radical (unpaired) electrons. The van der Waals surface area contributed by atoms with E-state index >= 15 is 0 Å². The average Bonchev–Trinajstić information content (AvgIpc) is 2.73. The number of aryl methyl sites for hydroxylation is 1. The third-order valence-electron chi connectivity index (χ3n) is 2.15. The summed E-state index contributed by atoms with van der Waals surface area (Å²) in [5, 5.41) is 13.0. The molecule has 0 atom stereocenters. The molecular weight excluding hydrogens is 248 g/mol. The van der Waals surface area contributed by atoms with Crippen LogP contribution in [-0.2, 0) is 6.54 Å². The maximum absolute atomic E-state index is 5.66. The number of nitrogens with zero attached hydrogens (tertiary/aromatic N) is 3. The van der Waals surface area contributed by atoms with Gasteiger partial charge in [0.1, 0.15) is 5.01 Å². The Kier molecular flexibility index (Phi) is 4.09. The minimum absolute atomic E-state index is 0.113. The third kappa shape index (κ3) is 3.40. The van der Waals surface area contributed by atoms with Gasteiger partial charge in [-0.1, -0.05) is 17.4 Å². The Balaban J connectivity index is 2.04. The van der Waals surface area contributed by atoms with Gasteiger partial charge in [-0.05, 0) is 26.8 Å². The third-order valence-corrected chi connectivity index (χ3v) is 2.95. The lowest BCUT2D eigenvalue weighted by Crippen LogP contribution is -2.10. The second kappa shape index (κ2) is 5.77. The van der Waals surface area contributed by atoms with Gasteiger partial charge in [-0.2, -0.15) is 0 Å². The molecule has 6 heteroatoms. The van der Waals surface area contributed by atoms with E-state index in [0.717, 1.165) is 15.7 Å². The molecule has 0 spiro atoms. The zero-order chi connectivity index (χ0) is 13.0. The number of hydrogen-bond acceptors (Lipinski definition) is 6. The first-order chi connectivity index (χ1) is 8.65. The number of hydrogen-bond donors (Lipinski definition) is 1. The van der Waals surface area contributed by atoms with E-state index in [0.29, 0.717) is 12.4 Å². The van der Waals surface area contributed by atoms with Gasteiger partial charge in [0.25, 0.3) is 0 Å². The van der Waals surface area contributed by atoms with Crippen LogP contribution in [0.3, 0.4) is 0 Å². The minimum Gasteiger partial charge on any atom is -0.475 e. The maximum atomic E-state index is 5.66. The number of anilines is 1. The van der Waals surface area contributed by atoms with E-state index in [4.69, 9.17) is 4.74 Å². The van der Waals surface area contributed by atoms with Crippen molar-refractivity contribution in [2.45, 2.75) is 33.4 Å². The quantitative estimate of drug-likeness (QED) is 0.899. The van der Waals surface area contributed by atoms with Crippen molar-refractivity contribution < 1.29 is 4.74 Å². The van der Waals surface area contributed by atoms with Gasteiger partial charge in [0.2, 0.25) is 11.0 Å². The normalized spacial score (nSPS) is 10.7. The van der Waals surface area contributed by atoms with E-state index in [2.05, 4.69) is 20.5 Å².